The number of methoxy groups -OCH3 is 1. The van der Waals surface area contributed by atoms with E-state index in [1.54, 1.807) is 13.3 Å². The van der Waals surface area contributed by atoms with E-state index in [-0.39, 0.29) is 5.91 Å². The summed E-state index contributed by atoms with van der Waals surface area (Å²) in [6, 6.07) is 23.3. The molecule has 4 rings (SSSR count). The maximum absolute atomic E-state index is 12.7. The van der Waals surface area contributed by atoms with Gasteiger partial charge in [-0.2, -0.15) is 5.10 Å². The maximum Gasteiger partial charge on any atom is 0.275 e. The smallest absolute Gasteiger partial charge is 0.275 e. The molecule has 0 spiro atoms. The van der Waals surface area contributed by atoms with Gasteiger partial charge in [-0.1, -0.05) is 48.5 Å². The number of nitrogens with one attached hydrogen (secondary N) is 1. The minimum Gasteiger partial charge on any atom is -0.496 e. The Kier molecular flexibility index (Phi) is 5.61. The largest absolute Gasteiger partial charge is 0.496 e. The lowest BCUT2D eigenvalue weighted by atomic mass is 10.0. The zero-order valence-corrected chi connectivity index (χ0v) is 16.9. The molecule has 0 atom stereocenters. The van der Waals surface area contributed by atoms with Gasteiger partial charge in [0.1, 0.15) is 11.5 Å². The number of fused-ring (bicyclic) bond motifs is 2. The van der Waals surface area contributed by atoms with Crippen molar-refractivity contribution in [1.29, 1.82) is 0 Å². The second-order valence-corrected chi connectivity index (χ2v) is 6.73. The molecule has 0 bridgehead atoms. The molecule has 0 fully saturated rings. The number of carbonyl (C=O) groups is 1. The molecule has 0 saturated carbocycles. The van der Waals surface area contributed by atoms with Crippen LogP contribution in [-0.2, 0) is 0 Å². The van der Waals surface area contributed by atoms with Crippen LogP contribution in [0.15, 0.2) is 77.9 Å². The lowest BCUT2D eigenvalue weighted by molar-refractivity contribution is 0.0952. The highest BCUT2D eigenvalue weighted by atomic mass is 16.5. The van der Waals surface area contributed by atoms with Crippen molar-refractivity contribution in [3.8, 4) is 11.5 Å². The summed E-state index contributed by atoms with van der Waals surface area (Å²) in [4.78, 5) is 12.7. The number of amides is 1. The van der Waals surface area contributed by atoms with Gasteiger partial charge < -0.3 is 9.47 Å². The van der Waals surface area contributed by atoms with Crippen molar-refractivity contribution in [1.82, 2.24) is 5.43 Å². The van der Waals surface area contributed by atoms with Crippen LogP contribution in [0.2, 0.25) is 0 Å². The summed E-state index contributed by atoms with van der Waals surface area (Å²) in [6.45, 7) is 2.56. The lowest BCUT2D eigenvalue weighted by Gasteiger charge is -2.10. The highest BCUT2D eigenvalue weighted by molar-refractivity contribution is 6.04. The first-order chi connectivity index (χ1) is 14.7. The summed E-state index contributed by atoms with van der Waals surface area (Å²) < 4.78 is 11.1. The molecular weight excluding hydrogens is 376 g/mol. The standard InChI is InChI=1S/C25H22N2O3/c1-3-30-23-13-12-19(20-10-6-7-11-21(20)23)16-26-27-25(28)22-14-17-8-4-5-9-18(17)15-24(22)29-2/h4-16H,3H2,1-2H3,(H,27,28). The number of benzene rings is 4. The van der Waals surface area contributed by atoms with Crippen molar-refractivity contribution in [3.63, 3.8) is 0 Å². The average Bonchev–Trinajstić information content (AvgIpc) is 2.79. The SMILES string of the molecule is CCOc1ccc(C=NNC(=O)c2cc3ccccc3cc2OC)c2ccccc12. The van der Waals surface area contributed by atoms with E-state index in [4.69, 9.17) is 9.47 Å². The Hall–Kier alpha value is -3.86. The van der Waals surface area contributed by atoms with Crippen molar-refractivity contribution >= 4 is 33.7 Å². The van der Waals surface area contributed by atoms with Gasteiger partial charge in [0.25, 0.3) is 5.91 Å². The van der Waals surface area contributed by atoms with Crippen LogP contribution in [0.1, 0.15) is 22.8 Å². The molecule has 150 valence electrons. The number of carbonyl (C=O) groups excluding carboxylic acids is 1. The molecule has 30 heavy (non-hydrogen) atoms. The van der Waals surface area contributed by atoms with Crippen LogP contribution in [0.3, 0.4) is 0 Å². The van der Waals surface area contributed by atoms with Gasteiger partial charge in [-0.15, -0.1) is 0 Å². The highest BCUT2D eigenvalue weighted by Gasteiger charge is 2.13. The monoisotopic (exact) mass is 398 g/mol. The first-order valence-corrected chi connectivity index (χ1v) is 9.76. The van der Waals surface area contributed by atoms with E-state index in [1.807, 2.05) is 79.7 Å². The predicted molar refractivity (Wildman–Crippen MR) is 121 cm³/mol. The molecule has 0 unspecified atom stereocenters. The van der Waals surface area contributed by atoms with E-state index in [0.717, 1.165) is 32.9 Å². The van der Waals surface area contributed by atoms with Gasteiger partial charge in [0.2, 0.25) is 0 Å². The minimum atomic E-state index is -0.330. The van der Waals surface area contributed by atoms with Gasteiger partial charge in [0.15, 0.2) is 0 Å². The van der Waals surface area contributed by atoms with Gasteiger partial charge in [-0.25, -0.2) is 5.43 Å². The molecule has 0 aliphatic heterocycles. The van der Waals surface area contributed by atoms with E-state index in [1.165, 1.54) is 0 Å². The fraction of sp³-hybridized carbons (Fsp3) is 0.120. The van der Waals surface area contributed by atoms with Crippen LogP contribution in [0.25, 0.3) is 21.5 Å². The normalized spacial score (nSPS) is 11.1. The summed E-state index contributed by atoms with van der Waals surface area (Å²) in [5.74, 6) is 1.01. The van der Waals surface area contributed by atoms with Crippen molar-refractivity contribution in [2.45, 2.75) is 6.92 Å². The van der Waals surface area contributed by atoms with E-state index in [9.17, 15) is 4.79 Å². The van der Waals surface area contributed by atoms with Crippen molar-refractivity contribution < 1.29 is 14.3 Å². The zero-order chi connectivity index (χ0) is 20.9. The van der Waals surface area contributed by atoms with E-state index >= 15 is 0 Å². The quantitative estimate of drug-likeness (QED) is 0.360. The van der Waals surface area contributed by atoms with Gasteiger partial charge in [-0.3, -0.25) is 4.79 Å². The number of ether oxygens (including phenoxy) is 2. The van der Waals surface area contributed by atoms with Crippen molar-refractivity contribution in [2.24, 2.45) is 5.10 Å². The summed E-state index contributed by atoms with van der Waals surface area (Å²) >= 11 is 0. The fourth-order valence-corrected chi connectivity index (χ4v) is 3.48. The Morgan fingerprint density at radius 3 is 2.37 bits per heavy atom. The van der Waals surface area contributed by atoms with Crippen LogP contribution in [0.4, 0.5) is 0 Å². The average molecular weight is 398 g/mol. The van der Waals surface area contributed by atoms with Gasteiger partial charge in [0, 0.05) is 10.9 Å². The Balaban J connectivity index is 1.60. The van der Waals surface area contributed by atoms with E-state index < -0.39 is 0 Å². The molecule has 4 aromatic rings. The Labute approximate surface area is 174 Å². The molecule has 0 aliphatic rings. The molecule has 5 nitrogen and oxygen atoms in total. The summed E-state index contributed by atoms with van der Waals surface area (Å²) in [7, 11) is 1.55. The molecule has 0 aliphatic carbocycles. The molecule has 0 radical (unpaired) electrons. The fourth-order valence-electron chi connectivity index (χ4n) is 3.48. The van der Waals surface area contributed by atoms with Crippen LogP contribution in [-0.4, -0.2) is 25.8 Å². The van der Waals surface area contributed by atoms with Crippen LogP contribution < -0.4 is 14.9 Å². The van der Waals surface area contributed by atoms with Crippen molar-refractivity contribution in [2.75, 3.05) is 13.7 Å². The van der Waals surface area contributed by atoms with Crippen molar-refractivity contribution in [3.05, 3.63) is 83.9 Å². The molecule has 0 saturated heterocycles. The van der Waals surface area contributed by atoms with E-state index in [2.05, 4.69) is 10.5 Å². The third-order valence-electron chi connectivity index (χ3n) is 4.90. The Morgan fingerprint density at radius 2 is 1.63 bits per heavy atom. The second-order valence-electron chi connectivity index (χ2n) is 6.73. The summed E-state index contributed by atoms with van der Waals surface area (Å²) in [5.41, 5.74) is 3.93. The topological polar surface area (TPSA) is 59.9 Å². The number of rotatable bonds is 6. The summed E-state index contributed by atoms with van der Waals surface area (Å²) in [5, 5.41) is 8.16. The minimum absolute atomic E-state index is 0.330. The number of nitrogens with zero attached hydrogens (tertiary/aromatic N) is 1. The van der Waals surface area contributed by atoms with Crippen LogP contribution >= 0.6 is 0 Å². The predicted octanol–water partition coefficient (Wildman–Crippen LogP) is 5.16. The second kappa shape index (κ2) is 8.66. The molecule has 4 aromatic carbocycles. The first kappa shape index (κ1) is 19.5. The Morgan fingerprint density at radius 1 is 0.933 bits per heavy atom. The molecule has 0 heterocycles. The van der Waals surface area contributed by atoms with E-state index in [0.29, 0.717) is 17.9 Å². The van der Waals surface area contributed by atoms with Crippen LogP contribution in [0, 0.1) is 0 Å². The summed E-state index contributed by atoms with van der Waals surface area (Å²) in [6.07, 6.45) is 1.64. The van der Waals surface area contributed by atoms with Gasteiger partial charge in [0.05, 0.1) is 25.5 Å². The molecule has 0 aromatic heterocycles. The number of hydrogen-bond donors (Lipinski definition) is 1. The third kappa shape index (κ3) is 3.82. The Bertz CT molecular complexity index is 1250. The molecule has 1 N–H and O–H groups in total. The number of hydrogen-bond acceptors (Lipinski definition) is 4. The lowest BCUT2D eigenvalue weighted by Crippen LogP contribution is -2.18. The molecule has 1 amide bonds. The van der Waals surface area contributed by atoms with Crippen LogP contribution in [0.5, 0.6) is 11.5 Å². The molecule has 5 heteroatoms. The van der Waals surface area contributed by atoms with Gasteiger partial charge >= 0.3 is 0 Å². The molecular formula is C25H22N2O3. The van der Waals surface area contributed by atoms with Gasteiger partial charge in [-0.05, 0) is 47.3 Å². The highest BCUT2D eigenvalue weighted by Crippen LogP contribution is 2.28. The number of hydrazone groups is 1. The third-order valence-corrected chi connectivity index (χ3v) is 4.90. The maximum atomic E-state index is 12.7. The first-order valence-electron chi connectivity index (χ1n) is 9.76. The zero-order valence-electron chi connectivity index (χ0n) is 16.9.